The van der Waals surface area contributed by atoms with Gasteiger partial charge in [0.2, 0.25) is 5.91 Å². The lowest BCUT2D eigenvalue weighted by Crippen LogP contribution is -2.68. The molecule has 4 fully saturated rings. The molecule has 1 aromatic carbocycles. The van der Waals surface area contributed by atoms with Crippen molar-refractivity contribution in [2.45, 2.75) is 63.6 Å². The lowest BCUT2D eigenvalue weighted by atomic mass is 9.58. The number of nitrogens with one attached hydrogen (secondary N) is 2. The molecule has 6 rings (SSSR count). The van der Waals surface area contributed by atoms with Gasteiger partial charge in [-0.15, -0.1) is 0 Å². The average molecular weight is 367 g/mol. The van der Waals surface area contributed by atoms with Crippen LogP contribution < -0.4 is 10.6 Å². The van der Waals surface area contributed by atoms with E-state index in [2.05, 4.69) is 22.5 Å². The van der Waals surface area contributed by atoms with E-state index in [1.165, 1.54) is 6.42 Å². The van der Waals surface area contributed by atoms with Gasteiger partial charge in [0.1, 0.15) is 5.66 Å². The number of nitrogens with zero attached hydrogens (tertiary/aromatic N) is 1. The van der Waals surface area contributed by atoms with E-state index in [-0.39, 0.29) is 17.5 Å². The van der Waals surface area contributed by atoms with Gasteiger partial charge in [0.05, 0.1) is 5.56 Å². The lowest BCUT2D eigenvalue weighted by Gasteiger charge is -2.57. The summed E-state index contributed by atoms with van der Waals surface area (Å²) in [6.07, 6.45) is 7.43. The molecule has 1 saturated heterocycles. The highest BCUT2D eigenvalue weighted by Crippen LogP contribution is 2.52. The van der Waals surface area contributed by atoms with Crippen LogP contribution in [0.4, 0.5) is 5.69 Å². The highest BCUT2D eigenvalue weighted by Gasteiger charge is 2.55. The van der Waals surface area contributed by atoms with E-state index in [9.17, 15) is 9.59 Å². The third-order valence-corrected chi connectivity index (χ3v) is 7.54. The Kier molecular flexibility index (Phi) is 3.95. The predicted octanol–water partition coefficient (Wildman–Crippen LogP) is 3.38. The molecular weight excluding hydrogens is 338 g/mol. The van der Waals surface area contributed by atoms with Crippen LogP contribution in [0.25, 0.3) is 0 Å². The number of likely N-dealkylation sites (tertiary alicyclic amines) is 1. The third-order valence-electron chi connectivity index (χ3n) is 7.54. The second-order valence-electron chi connectivity index (χ2n) is 9.05. The summed E-state index contributed by atoms with van der Waals surface area (Å²) in [5.74, 6) is 1.19. The van der Waals surface area contributed by atoms with E-state index in [1.54, 1.807) is 0 Å². The van der Waals surface area contributed by atoms with Crippen molar-refractivity contribution in [2.75, 3.05) is 11.9 Å². The molecule has 0 radical (unpaired) electrons. The first-order valence-electron chi connectivity index (χ1n) is 10.6. The minimum atomic E-state index is -0.376. The summed E-state index contributed by atoms with van der Waals surface area (Å²) in [5, 5.41) is 6.96. The van der Waals surface area contributed by atoms with Crippen LogP contribution in [0.3, 0.4) is 0 Å². The molecule has 0 unspecified atom stereocenters. The maximum atomic E-state index is 13.3. The van der Waals surface area contributed by atoms with Gasteiger partial charge in [-0.2, -0.15) is 0 Å². The minimum Gasteiger partial charge on any atom is -0.362 e. The highest BCUT2D eigenvalue weighted by molar-refractivity contribution is 6.02. The Morgan fingerprint density at radius 1 is 1.15 bits per heavy atom. The van der Waals surface area contributed by atoms with Crippen LogP contribution in [0.5, 0.6) is 0 Å². The van der Waals surface area contributed by atoms with Crippen molar-refractivity contribution < 1.29 is 9.59 Å². The van der Waals surface area contributed by atoms with E-state index < -0.39 is 0 Å². The molecule has 0 aromatic heterocycles. The molecule has 5 heteroatoms. The van der Waals surface area contributed by atoms with E-state index >= 15 is 0 Å². The van der Waals surface area contributed by atoms with Gasteiger partial charge in [-0.3, -0.25) is 9.59 Å². The first-order valence-corrected chi connectivity index (χ1v) is 10.6. The second-order valence-corrected chi connectivity index (χ2v) is 9.05. The standard InChI is InChI=1S/C22H29N3O2/c1-14-6-4-5-11-25(14)21(27)18-12-16-10-9-15(18)13-22(16)23-19-8-3-2-7-17(19)20(26)24-22/h2-3,7-8,14-16,18,23H,4-6,9-13H2,1H3,(H,24,26)/t14-,15-,16+,18-,22-/m1/s1. The van der Waals surface area contributed by atoms with E-state index in [4.69, 9.17) is 0 Å². The zero-order valence-electron chi connectivity index (χ0n) is 16.0. The third kappa shape index (κ3) is 2.66. The molecule has 2 amide bonds. The SMILES string of the molecule is C[C@@H]1CCCCN1C(=O)[C@@H]1C[C@@H]2CC[C@@H]1C[C@@]21NC(=O)c2ccccc2N1. The minimum absolute atomic E-state index is 0.0180. The maximum Gasteiger partial charge on any atom is 0.255 e. The zero-order chi connectivity index (χ0) is 18.6. The molecule has 3 saturated carbocycles. The quantitative estimate of drug-likeness (QED) is 0.800. The molecule has 5 nitrogen and oxygen atoms in total. The zero-order valence-corrected chi connectivity index (χ0v) is 16.0. The number of fused-ring (bicyclic) bond motifs is 3. The van der Waals surface area contributed by atoms with Gasteiger partial charge in [-0.25, -0.2) is 0 Å². The van der Waals surface area contributed by atoms with Crippen LogP contribution >= 0.6 is 0 Å². The second kappa shape index (κ2) is 6.25. The molecule has 2 aliphatic heterocycles. The fourth-order valence-corrected chi connectivity index (χ4v) is 6.08. The summed E-state index contributed by atoms with van der Waals surface area (Å²) in [6, 6.07) is 8.12. The fraction of sp³-hybridized carbons (Fsp3) is 0.636. The van der Waals surface area contributed by atoms with Crippen LogP contribution in [0, 0.1) is 17.8 Å². The Morgan fingerprint density at radius 2 is 2.00 bits per heavy atom. The Balaban J connectivity index is 1.38. The van der Waals surface area contributed by atoms with Crippen molar-refractivity contribution in [2.24, 2.45) is 17.8 Å². The molecule has 5 atom stereocenters. The van der Waals surface area contributed by atoms with Crippen molar-refractivity contribution in [1.82, 2.24) is 10.2 Å². The number of rotatable bonds is 1. The van der Waals surface area contributed by atoms with Crippen LogP contribution in [0.2, 0.25) is 0 Å². The van der Waals surface area contributed by atoms with Crippen molar-refractivity contribution in [3.8, 4) is 0 Å². The largest absolute Gasteiger partial charge is 0.362 e. The van der Waals surface area contributed by atoms with Gasteiger partial charge >= 0.3 is 0 Å². The van der Waals surface area contributed by atoms with Crippen molar-refractivity contribution >= 4 is 17.5 Å². The number of benzene rings is 1. The molecule has 27 heavy (non-hydrogen) atoms. The molecule has 2 heterocycles. The van der Waals surface area contributed by atoms with E-state index in [0.29, 0.717) is 23.8 Å². The average Bonchev–Trinajstić information content (AvgIpc) is 2.68. The number of carbonyl (C=O) groups excluding carboxylic acids is 2. The molecule has 2 bridgehead atoms. The monoisotopic (exact) mass is 367 g/mol. The van der Waals surface area contributed by atoms with Crippen LogP contribution in [0.1, 0.15) is 62.2 Å². The topological polar surface area (TPSA) is 61.4 Å². The first kappa shape index (κ1) is 17.1. The Morgan fingerprint density at radius 3 is 2.78 bits per heavy atom. The molecule has 3 aliphatic carbocycles. The van der Waals surface area contributed by atoms with Gasteiger partial charge < -0.3 is 15.5 Å². The first-order chi connectivity index (χ1) is 13.1. The Bertz CT molecular complexity index is 779. The number of anilines is 1. The molecular formula is C22H29N3O2. The van der Waals surface area contributed by atoms with Crippen molar-refractivity contribution in [3.05, 3.63) is 29.8 Å². The predicted molar refractivity (Wildman–Crippen MR) is 104 cm³/mol. The number of hydrogen-bond donors (Lipinski definition) is 2. The van der Waals surface area contributed by atoms with Gasteiger partial charge in [0, 0.05) is 30.1 Å². The van der Waals surface area contributed by atoms with E-state index in [0.717, 1.165) is 56.3 Å². The molecule has 1 aromatic rings. The summed E-state index contributed by atoms with van der Waals surface area (Å²) in [5.41, 5.74) is 1.28. The molecule has 5 aliphatic rings. The number of hydrogen-bond acceptors (Lipinski definition) is 3. The number of carbonyl (C=O) groups is 2. The summed E-state index contributed by atoms with van der Waals surface area (Å²) in [6.45, 7) is 3.11. The van der Waals surface area contributed by atoms with Crippen LogP contribution in [-0.2, 0) is 4.79 Å². The summed E-state index contributed by atoms with van der Waals surface area (Å²) in [4.78, 5) is 28.2. The van der Waals surface area contributed by atoms with Gasteiger partial charge in [0.25, 0.3) is 5.91 Å². The van der Waals surface area contributed by atoms with Gasteiger partial charge in [0.15, 0.2) is 0 Å². The fourth-order valence-electron chi connectivity index (χ4n) is 6.08. The van der Waals surface area contributed by atoms with Gasteiger partial charge in [-0.1, -0.05) is 12.1 Å². The lowest BCUT2D eigenvalue weighted by molar-refractivity contribution is -0.146. The Labute approximate surface area is 160 Å². The molecule has 2 N–H and O–H groups in total. The van der Waals surface area contributed by atoms with Crippen LogP contribution in [-0.4, -0.2) is 35.0 Å². The number of para-hydroxylation sites is 1. The summed E-state index contributed by atoms with van der Waals surface area (Å²) < 4.78 is 0. The van der Waals surface area contributed by atoms with Gasteiger partial charge in [-0.05, 0) is 69.9 Å². The van der Waals surface area contributed by atoms with Crippen molar-refractivity contribution in [3.63, 3.8) is 0 Å². The summed E-state index contributed by atoms with van der Waals surface area (Å²) in [7, 11) is 0. The van der Waals surface area contributed by atoms with Crippen molar-refractivity contribution in [1.29, 1.82) is 0 Å². The Hall–Kier alpha value is -2.04. The normalized spacial score (nSPS) is 37.5. The maximum absolute atomic E-state index is 13.3. The van der Waals surface area contributed by atoms with E-state index in [1.807, 2.05) is 24.3 Å². The number of amides is 2. The summed E-state index contributed by atoms with van der Waals surface area (Å²) >= 11 is 0. The number of piperidine rings is 1. The smallest absolute Gasteiger partial charge is 0.255 e. The molecule has 144 valence electrons. The molecule has 1 spiro atoms. The highest BCUT2D eigenvalue weighted by atomic mass is 16.2. The van der Waals surface area contributed by atoms with Crippen LogP contribution in [0.15, 0.2) is 24.3 Å².